The molecule has 0 N–H and O–H groups in total. The van der Waals surface area contributed by atoms with Crippen LogP contribution in [0.5, 0.6) is 17.2 Å². The summed E-state index contributed by atoms with van der Waals surface area (Å²) in [5.41, 5.74) is 2.47. The quantitative estimate of drug-likeness (QED) is 0.364. The van der Waals surface area contributed by atoms with Crippen LogP contribution < -0.4 is 14.2 Å². The van der Waals surface area contributed by atoms with Gasteiger partial charge in [0.1, 0.15) is 11.6 Å². The van der Waals surface area contributed by atoms with Gasteiger partial charge in [-0.05, 0) is 42.0 Å². The molecule has 7 heteroatoms. The van der Waals surface area contributed by atoms with Crippen molar-refractivity contribution in [3.05, 3.63) is 89.2 Å². The Kier molecular flexibility index (Phi) is 7.77. The van der Waals surface area contributed by atoms with Crippen molar-refractivity contribution in [2.75, 3.05) is 40.4 Å². The smallest absolute Gasteiger partial charge is 0.343 e. The number of benzene rings is 3. The molecular weight excluding hydrogens is 435 g/mol. The van der Waals surface area contributed by atoms with Gasteiger partial charge in [0.05, 0.1) is 19.8 Å². The molecule has 3 aromatic carbocycles. The van der Waals surface area contributed by atoms with Crippen molar-refractivity contribution in [3.63, 3.8) is 0 Å². The Bertz CT molecular complexity index is 1110. The van der Waals surface area contributed by atoms with Gasteiger partial charge in [0, 0.05) is 44.8 Å². The number of ether oxygens (including phenoxy) is 3. The Hall–Kier alpha value is -3.42. The molecule has 0 aromatic heterocycles. The number of rotatable bonds is 8. The van der Waals surface area contributed by atoms with Gasteiger partial charge in [-0.25, -0.2) is 9.18 Å². The molecule has 0 saturated carbocycles. The number of para-hydroxylation sites is 1. The Labute approximate surface area is 199 Å². The standard InChI is InChI=1S/C27H29FN2O4/c1-32-25-12-9-21(17-26(25)33-2)27(31)34-24-6-4-3-5-22(24)19-30-15-13-29(14-16-30)18-20-7-10-23(28)11-8-20/h3-12,17H,13-16,18-19H2,1-2H3. The van der Waals surface area contributed by atoms with Crippen LogP contribution >= 0.6 is 0 Å². The van der Waals surface area contributed by atoms with Gasteiger partial charge in [0.15, 0.2) is 11.5 Å². The largest absolute Gasteiger partial charge is 0.493 e. The lowest BCUT2D eigenvalue weighted by molar-refractivity contribution is 0.0728. The maximum atomic E-state index is 13.1. The van der Waals surface area contributed by atoms with Crippen LogP contribution in [0.1, 0.15) is 21.5 Å². The molecule has 1 aliphatic rings. The second-order valence-electron chi connectivity index (χ2n) is 8.25. The number of carbonyl (C=O) groups is 1. The summed E-state index contributed by atoms with van der Waals surface area (Å²) in [4.78, 5) is 17.5. The molecule has 1 aliphatic heterocycles. The van der Waals surface area contributed by atoms with E-state index in [0.29, 0.717) is 29.4 Å². The fraction of sp³-hybridized carbons (Fsp3) is 0.296. The Morgan fingerprint density at radius 1 is 0.794 bits per heavy atom. The molecule has 0 unspecified atom stereocenters. The van der Waals surface area contributed by atoms with E-state index in [1.807, 2.05) is 36.4 Å². The van der Waals surface area contributed by atoms with Crippen LogP contribution in [-0.4, -0.2) is 56.2 Å². The highest BCUT2D eigenvalue weighted by atomic mass is 19.1. The Morgan fingerprint density at radius 2 is 1.44 bits per heavy atom. The topological polar surface area (TPSA) is 51.2 Å². The Balaban J connectivity index is 1.36. The molecule has 1 fully saturated rings. The third-order valence-electron chi connectivity index (χ3n) is 5.97. The van der Waals surface area contributed by atoms with E-state index in [9.17, 15) is 9.18 Å². The van der Waals surface area contributed by atoms with Crippen molar-refractivity contribution in [2.24, 2.45) is 0 Å². The summed E-state index contributed by atoms with van der Waals surface area (Å²) < 4.78 is 29.4. The first-order valence-corrected chi connectivity index (χ1v) is 11.3. The van der Waals surface area contributed by atoms with Crippen molar-refractivity contribution in [2.45, 2.75) is 13.1 Å². The average molecular weight is 465 g/mol. The van der Waals surface area contributed by atoms with Crippen molar-refractivity contribution in [3.8, 4) is 17.2 Å². The maximum Gasteiger partial charge on any atom is 0.343 e. The Morgan fingerprint density at radius 3 is 2.12 bits per heavy atom. The number of piperazine rings is 1. The number of halogens is 1. The number of hydrogen-bond donors (Lipinski definition) is 0. The van der Waals surface area contributed by atoms with Gasteiger partial charge in [0.2, 0.25) is 0 Å². The molecule has 178 valence electrons. The SMILES string of the molecule is COc1ccc(C(=O)Oc2ccccc2CN2CCN(Cc3ccc(F)cc3)CC2)cc1OC. The molecule has 4 rings (SSSR count). The number of nitrogens with zero attached hydrogens (tertiary/aromatic N) is 2. The molecule has 0 amide bonds. The molecule has 1 heterocycles. The third-order valence-corrected chi connectivity index (χ3v) is 5.97. The van der Waals surface area contributed by atoms with Gasteiger partial charge < -0.3 is 14.2 Å². The fourth-order valence-electron chi connectivity index (χ4n) is 4.05. The summed E-state index contributed by atoms with van der Waals surface area (Å²) in [7, 11) is 3.08. The highest BCUT2D eigenvalue weighted by Crippen LogP contribution is 2.29. The molecule has 0 atom stereocenters. The van der Waals surface area contributed by atoms with Crippen molar-refractivity contribution < 1.29 is 23.4 Å². The maximum absolute atomic E-state index is 13.1. The molecule has 0 spiro atoms. The van der Waals surface area contributed by atoms with Gasteiger partial charge in [0.25, 0.3) is 0 Å². The van der Waals surface area contributed by atoms with Crippen LogP contribution in [-0.2, 0) is 13.1 Å². The number of hydrogen-bond acceptors (Lipinski definition) is 6. The van der Waals surface area contributed by atoms with Crippen LogP contribution in [0.4, 0.5) is 4.39 Å². The van der Waals surface area contributed by atoms with E-state index in [1.165, 1.54) is 19.2 Å². The van der Waals surface area contributed by atoms with E-state index < -0.39 is 5.97 Å². The van der Waals surface area contributed by atoms with Crippen LogP contribution in [0.25, 0.3) is 0 Å². The van der Waals surface area contributed by atoms with Gasteiger partial charge >= 0.3 is 5.97 Å². The first-order chi connectivity index (χ1) is 16.6. The van der Waals surface area contributed by atoms with Crippen LogP contribution in [0.3, 0.4) is 0 Å². The minimum absolute atomic E-state index is 0.209. The third kappa shape index (κ3) is 5.92. The van der Waals surface area contributed by atoms with E-state index in [-0.39, 0.29) is 5.82 Å². The van der Waals surface area contributed by atoms with Gasteiger partial charge in [-0.2, -0.15) is 0 Å². The summed E-state index contributed by atoms with van der Waals surface area (Å²) >= 11 is 0. The zero-order valence-corrected chi connectivity index (χ0v) is 19.5. The van der Waals surface area contributed by atoms with Crippen LogP contribution in [0.2, 0.25) is 0 Å². The highest BCUT2D eigenvalue weighted by molar-refractivity contribution is 5.92. The van der Waals surface area contributed by atoms with E-state index >= 15 is 0 Å². The predicted molar refractivity (Wildman–Crippen MR) is 128 cm³/mol. The second-order valence-corrected chi connectivity index (χ2v) is 8.25. The van der Waals surface area contributed by atoms with Gasteiger partial charge in [-0.15, -0.1) is 0 Å². The molecular formula is C27H29FN2O4. The van der Waals surface area contributed by atoms with Crippen molar-refractivity contribution >= 4 is 5.97 Å². The first kappa shape index (κ1) is 23.7. The van der Waals surface area contributed by atoms with Crippen LogP contribution in [0, 0.1) is 5.82 Å². The molecule has 3 aromatic rings. The van der Waals surface area contributed by atoms with Gasteiger partial charge in [-0.3, -0.25) is 9.80 Å². The zero-order chi connectivity index (χ0) is 23.9. The molecule has 0 radical (unpaired) electrons. The summed E-state index contributed by atoms with van der Waals surface area (Å²) in [6.07, 6.45) is 0. The monoisotopic (exact) mass is 464 g/mol. The predicted octanol–water partition coefficient (Wildman–Crippen LogP) is 4.38. The minimum Gasteiger partial charge on any atom is -0.493 e. The summed E-state index contributed by atoms with van der Waals surface area (Å²) in [5, 5.41) is 0. The van der Waals surface area contributed by atoms with Crippen molar-refractivity contribution in [1.82, 2.24) is 9.80 Å². The molecule has 34 heavy (non-hydrogen) atoms. The normalized spacial score (nSPS) is 14.6. The van der Waals surface area contributed by atoms with Crippen LogP contribution in [0.15, 0.2) is 66.7 Å². The summed E-state index contributed by atoms with van der Waals surface area (Å²) in [6, 6.07) is 19.3. The van der Waals surface area contributed by atoms with E-state index in [0.717, 1.165) is 43.9 Å². The number of methoxy groups -OCH3 is 2. The highest BCUT2D eigenvalue weighted by Gasteiger charge is 2.20. The fourth-order valence-corrected chi connectivity index (χ4v) is 4.05. The van der Waals surface area contributed by atoms with E-state index in [4.69, 9.17) is 14.2 Å². The van der Waals surface area contributed by atoms with E-state index in [2.05, 4.69) is 9.80 Å². The molecule has 1 saturated heterocycles. The minimum atomic E-state index is -0.447. The summed E-state index contributed by atoms with van der Waals surface area (Å²) in [5.74, 6) is 0.925. The lowest BCUT2D eigenvalue weighted by atomic mass is 10.1. The second kappa shape index (κ2) is 11.1. The first-order valence-electron chi connectivity index (χ1n) is 11.3. The van der Waals surface area contributed by atoms with Crippen molar-refractivity contribution in [1.29, 1.82) is 0 Å². The summed E-state index contributed by atoms with van der Waals surface area (Å²) in [6.45, 7) is 5.15. The average Bonchev–Trinajstić information content (AvgIpc) is 2.87. The lowest BCUT2D eigenvalue weighted by Crippen LogP contribution is -2.45. The zero-order valence-electron chi connectivity index (χ0n) is 19.5. The molecule has 0 bridgehead atoms. The molecule has 0 aliphatic carbocycles. The number of esters is 1. The molecule has 6 nitrogen and oxygen atoms in total. The van der Waals surface area contributed by atoms with E-state index in [1.54, 1.807) is 25.3 Å². The lowest BCUT2D eigenvalue weighted by Gasteiger charge is -2.35. The van der Waals surface area contributed by atoms with Gasteiger partial charge in [-0.1, -0.05) is 30.3 Å². The number of carbonyl (C=O) groups excluding carboxylic acids is 1.